The van der Waals surface area contributed by atoms with Crippen LogP contribution in [0.4, 0.5) is 0 Å². The summed E-state index contributed by atoms with van der Waals surface area (Å²) in [6, 6.07) is 0. The van der Waals surface area contributed by atoms with Crippen molar-refractivity contribution in [1.82, 2.24) is 4.31 Å². The molecule has 1 aliphatic heterocycles. The summed E-state index contributed by atoms with van der Waals surface area (Å²) < 4.78 is 2.67. The Kier molecular flexibility index (Phi) is 2.87. The highest BCUT2D eigenvalue weighted by molar-refractivity contribution is 8.30. The Morgan fingerprint density at radius 1 is 1.09 bits per heavy atom. The standard InChI is InChI=1S/C9H21NS/c1-9-5-7-10(8-6-9)11(2,3)4/h9H,5-8H2,1-4H3. The van der Waals surface area contributed by atoms with E-state index in [9.17, 15) is 0 Å². The fourth-order valence-electron chi connectivity index (χ4n) is 1.53. The van der Waals surface area contributed by atoms with E-state index in [0.717, 1.165) is 5.92 Å². The lowest BCUT2D eigenvalue weighted by atomic mass is 10.0. The lowest BCUT2D eigenvalue weighted by Gasteiger charge is -2.43. The summed E-state index contributed by atoms with van der Waals surface area (Å²) in [4.78, 5) is 0. The maximum atomic E-state index is 2.67. The minimum Gasteiger partial charge on any atom is -0.268 e. The number of rotatable bonds is 1. The molecule has 0 aromatic heterocycles. The van der Waals surface area contributed by atoms with Gasteiger partial charge in [0.2, 0.25) is 0 Å². The highest BCUT2D eigenvalue weighted by Crippen LogP contribution is 2.42. The molecule has 0 N–H and O–H groups in total. The first-order valence-electron chi connectivity index (χ1n) is 4.43. The first-order chi connectivity index (χ1) is 5.00. The van der Waals surface area contributed by atoms with Crippen molar-refractivity contribution in [2.75, 3.05) is 31.9 Å². The Morgan fingerprint density at radius 3 is 1.91 bits per heavy atom. The van der Waals surface area contributed by atoms with Gasteiger partial charge in [-0.25, -0.2) is 0 Å². The Labute approximate surface area is 72.6 Å². The van der Waals surface area contributed by atoms with E-state index in [2.05, 4.69) is 30.0 Å². The molecule has 0 radical (unpaired) electrons. The number of hydrogen-bond donors (Lipinski definition) is 0. The maximum Gasteiger partial charge on any atom is 0.00763 e. The van der Waals surface area contributed by atoms with E-state index in [1.807, 2.05) is 0 Å². The third-order valence-electron chi connectivity index (χ3n) is 2.52. The second-order valence-electron chi connectivity index (χ2n) is 4.38. The Hall–Kier alpha value is 0.310. The molecule has 1 rings (SSSR count). The van der Waals surface area contributed by atoms with Crippen LogP contribution in [0.3, 0.4) is 0 Å². The van der Waals surface area contributed by atoms with Gasteiger partial charge >= 0.3 is 0 Å². The minimum atomic E-state index is -0.416. The third kappa shape index (κ3) is 2.68. The summed E-state index contributed by atoms with van der Waals surface area (Å²) in [5.74, 6) is 0.966. The van der Waals surface area contributed by atoms with Crippen molar-refractivity contribution in [3.63, 3.8) is 0 Å². The summed E-state index contributed by atoms with van der Waals surface area (Å²) in [5.41, 5.74) is 0. The zero-order chi connectivity index (χ0) is 8.48. The van der Waals surface area contributed by atoms with Crippen molar-refractivity contribution in [2.45, 2.75) is 19.8 Å². The average Bonchev–Trinajstić information content (AvgIpc) is 1.86. The highest BCUT2D eigenvalue weighted by atomic mass is 32.3. The molecule has 0 aromatic rings. The normalized spacial score (nSPS) is 25.5. The van der Waals surface area contributed by atoms with Gasteiger partial charge in [0.15, 0.2) is 0 Å². The van der Waals surface area contributed by atoms with Gasteiger partial charge in [-0.05, 0) is 37.5 Å². The number of piperidine rings is 1. The predicted molar refractivity (Wildman–Crippen MR) is 55.3 cm³/mol. The molecular formula is C9H21NS. The fourth-order valence-corrected chi connectivity index (χ4v) is 2.84. The molecular weight excluding hydrogens is 154 g/mol. The van der Waals surface area contributed by atoms with Crippen LogP contribution in [0, 0.1) is 5.92 Å². The summed E-state index contributed by atoms with van der Waals surface area (Å²) in [5, 5.41) is 0. The Morgan fingerprint density at radius 2 is 1.55 bits per heavy atom. The van der Waals surface area contributed by atoms with Crippen LogP contribution >= 0.6 is 10.2 Å². The van der Waals surface area contributed by atoms with Crippen molar-refractivity contribution < 1.29 is 0 Å². The van der Waals surface area contributed by atoms with Crippen LogP contribution in [0.15, 0.2) is 0 Å². The van der Waals surface area contributed by atoms with E-state index >= 15 is 0 Å². The smallest absolute Gasteiger partial charge is 0.00763 e. The molecule has 0 amide bonds. The highest BCUT2D eigenvalue weighted by Gasteiger charge is 2.21. The molecule has 1 nitrogen and oxygen atoms in total. The molecule has 0 atom stereocenters. The first-order valence-corrected chi connectivity index (χ1v) is 7.25. The van der Waals surface area contributed by atoms with Gasteiger partial charge in [-0.2, -0.15) is 10.2 Å². The largest absolute Gasteiger partial charge is 0.268 e. The monoisotopic (exact) mass is 175 g/mol. The molecule has 1 aliphatic rings. The van der Waals surface area contributed by atoms with Crippen molar-refractivity contribution in [2.24, 2.45) is 5.92 Å². The molecule has 0 aliphatic carbocycles. The molecule has 1 heterocycles. The topological polar surface area (TPSA) is 3.24 Å². The van der Waals surface area contributed by atoms with Gasteiger partial charge in [-0.15, -0.1) is 0 Å². The molecule has 2 heteroatoms. The van der Waals surface area contributed by atoms with Crippen molar-refractivity contribution in [1.29, 1.82) is 0 Å². The maximum absolute atomic E-state index is 2.67. The van der Waals surface area contributed by atoms with E-state index in [4.69, 9.17) is 0 Å². The number of hydrogen-bond acceptors (Lipinski definition) is 1. The van der Waals surface area contributed by atoms with Gasteiger partial charge in [-0.3, -0.25) is 4.31 Å². The third-order valence-corrected chi connectivity index (χ3v) is 4.43. The van der Waals surface area contributed by atoms with Crippen LogP contribution in [0.2, 0.25) is 0 Å². The second kappa shape index (κ2) is 3.36. The molecule has 0 bridgehead atoms. The van der Waals surface area contributed by atoms with E-state index in [-0.39, 0.29) is 0 Å². The van der Waals surface area contributed by atoms with E-state index < -0.39 is 10.2 Å². The van der Waals surface area contributed by atoms with Crippen LogP contribution in [0.5, 0.6) is 0 Å². The molecule has 0 unspecified atom stereocenters. The molecule has 0 aromatic carbocycles. The first kappa shape index (κ1) is 9.40. The summed E-state index contributed by atoms with van der Waals surface area (Å²) in [6.45, 7) is 5.04. The van der Waals surface area contributed by atoms with Gasteiger partial charge in [0, 0.05) is 13.1 Å². The summed E-state index contributed by atoms with van der Waals surface area (Å²) in [7, 11) is -0.416. The van der Waals surface area contributed by atoms with Gasteiger partial charge in [0.25, 0.3) is 0 Å². The van der Waals surface area contributed by atoms with E-state index in [0.29, 0.717) is 0 Å². The lowest BCUT2D eigenvalue weighted by Crippen LogP contribution is -2.34. The lowest BCUT2D eigenvalue weighted by molar-refractivity contribution is 0.304. The van der Waals surface area contributed by atoms with Gasteiger partial charge < -0.3 is 0 Å². The molecule has 1 fully saturated rings. The van der Waals surface area contributed by atoms with Crippen LogP contribution < -0.4 is 0 Å². The number of nitrogens with zero attached hydrogens (tertiary/aromatic N) is 1. The molecule has 11 heavy (non-hydrogen) atoms. The molecule has 68 valence electrons. The van der Waals surface area contributed by atoms with Crippen LogP contribution in [0.1, 0.15) is 19.8 Å². The minimum absolute atomic E-state index is 0.416. The zero-order valence-electron chi connectivity index (χ0n) is 8.26. The quantitative estimate of drug-likeness (QED) is 0.591. The molecule has 0 spiro atoms. The van der Waals surface area contributed by atoms with Crippen molar-refractivity contribution >= 4 is 10.2 Å². The fraction of sp³-hybridized carbons (Fsp3) is 1.00. The summed E-state index contributed by atoms with van der Waals surface area (Å²) >= 11 is 0. The second-order valence-corrected chi connectivity index (χ2v) is 8.45. The SMILES string of the molecule is CC1CCN(S(C)(C)C)CC1. The molecule has 1 saturated heterocycles. The summed E-state index contributed by atoms with van der Waals surface area (Å²) in [6.07, 6.45) is 9.99. The Bertz CT molecular complexity index is 120. The van der Waals surface area contributed by atoms with E-state index in [1.54, 1.807) is 0 Å². The van der Waals surface area contributed by atoms with Gasteiger partial charge in [0.1, 0.15) is 0 Å². The van der Waals surface area contributed by atoms with Gasteiger partial charge in [-0.1, -0.05) is 6.92 Å². The van der Waals surface area contributed by atoms with Gasteiger partial charge in [0.05, 0.1) is 0 Å². The predicted octanol–water partition coefficient (Wildman–Crippen LogP) is 2.33. The van der Waals surface area contributed by atoms with Crippen LogP contribution in [-0.4, -0.2) is 36.2 Å². The van der Waals surface area contributed by atoms with Crippen molar-refractivity contribution in [3.05, 3.63) is 0 Å². The van der Waals surface area contributed by atoms with Crippen molar-refractivity contribution in [3.8, 4) is 0 Å². The van der Waals surface area contributed by atoms with Crippen LogP contribution in [0.25, 0.3) is 0 Å². The average molecular weight is 175 g/mol. The van der Waals surface area contributed by atoms with E-state index in [1.165, 1.54) is 25.9 Å². The molecule has 0 saturated carbocycles. The zero-order valence-corrected chi connectivity index (χ0v) is 9.08. The van der Waals surface area contributed by atoms with Crippen LogP contribution in [-0.2, 0) is 0 Å². The Balaban J connectivity index is 2.39.